The topological polar surface area (TPSA) is 72.2 Å². The number of imidazole rings is 1. The molecule has 3 heterocycles. The average Bonchev–Trinajstić information content (AvgIpc) is 3.27. The van der Waals surface area contributed by atoms with Crippen LogP contribution in [0.4, 0.5) is 19.1 Å². The van der Waals surface area contributed by atoms with Gasteiger partial charge >= 0.3 is 6.18 Å². The molecule has 0 aliphatic carbocycles. The predicted octanol–water partition coefficient (Wildman–Crippen LogP) is 6.46. The van der Waals surface area contributed by atoms with Crippen LogP contribution >= 0.6 is 0 Å². The summed E-state index contributed by atoms with van der Waals surface area (Å²) in [5.41, 5.74) is 2.60. The van der Waals surface area contributed by atoms with Crippen LogP contribution in [0.1, 0.15) is 34.5 Å². The van der Waals surface area contributed by atoms with Crippen LogP contribution in [0.5, 0.6) is 0 Å². The molecule has 5 aromatic rings. The van der Waals surface area contributed by atoms with E-state index in [1.807, 2.05) is 37.3 Å². The summed E-state index contributed by atoms with van der Waals surface area (Å²) in [7, 11) is 0. The van der Waals surface area contributed by atoms with Crippen molar-refractivity contribution in [3.63, 3.8) is 0 Å². The number of nitrogens with zero attached hydrogens (tertiary/aromatic N) is 4. The molecule has 0 bridgehead atoms. The fourth-order valence-electron chi connectivity index (χ4n) is 4.00. The van der Waals surface area contributed by atoms with Gasteiger partial charge in [-0.15, -0.1) is 0 Å². The van der Waals surface area contributed by atoms with Crippen LogP contribution in [0.15, 0.2) is 85.2 Å². The van der Waals surface area contributed by atoms with Crippen LogP contribution in [0.3, 0.4) is 0 Å². The highest BCUT2D eigenvalue weighted by atomic mass is 19.4. The van der Waals surface area contributed by atoms with Gasteiger partial charge in [0.05, 0.1) is 28.7 Å². The number of hydrogen-bond acceptors (Lipinski definition) is 5. The van der Waals surface area contributed by atoms with Crippen molar-refractivity contribution in [3.05, 3.63) is 102 Å². The van der Waals surface area contributed by atoms with Gasteiger partial charge in [0, 0.05) is 23.5 Å². The summed E-state index contributed by atoms with van der Waals surface area (Å²) in [6.45, 7) is 1.98. The molecule has 36 heavy (non-hydrogen) atoms. The third-order valence-corrected chi connectivity index (χ3v) is 5.78. The number of hydrogen-bond donors (Lipinski definition) is 1. The molecular formula is C27H20F3N5O. The number of anilines is 1. The summed E-state index contributed by atoms with van der Waals surface area (Å²) in [6, 6.07) is 19.6. The summed E-state index contributed by atoms with van der Waals surface area (Å²) in [5, 5.41) is 3.26. The summed E-state index contributed by atoms with van der Waals surface area (Å²) in [4.78, 5) is 25.0. The Morgan fingerprint density at radius 1 is 0.972 bits per heavy atom. The van der Waals surface area contributed by atoms with Crippen molar-refractivity contribution in [3.8, 4) is 22.6 Å². The summed E-state index contributed by atoms with van der Waals surface area (Å²) >= 11 is 0. The number of alkyl halides is 3. The molecule has 0 radical (unpaired) electrons. The number of carbonyl (C=O) groups excluding carboxylic acids is 1. The van der Waals surface area contributed by atoms with E-state index >= 15 is 0 Å². The van der Waals surface area contributed by atoms with E-state index in [1.165, 1.54) is 6.07 Å². The van der Waals surface area contributed by atoms with Crippen molar-refractivity contribution in [2.75, 3.05) is 5.32 Å². The number of nitrogens with one attached hydrogen (secondary N) is 1. The zero-order chi connectivity index (χ0) is 25.3. The van der Waals surface area contributed by atoms with Gasteiger partial charge in [-0.3, -0.25) is 9.20 Å². The third-order valence-electron chi connectivity index (χ3n) is 5.78. The molecule has 1 N–H and O–H groups in total. The van der Waals surface area contributed by atoms with Crippen LogP contribution in [0, 0.1) is 0 Å². The van der Waals surface area contributed by atoms with Crippen LogP contribution in [0.2, 0.25) is 0 Å². The molecule has 0 unspecified atom stereocenters. The highest BCUT2D eigenvalue weighted by Crippen LogP contribution is 2.36. The minimum atomic E-state index is -4.50. The molecule has 0 saturated carbocycles. The molecule has 3 aromatic heterocycles. The molecule has 0 spiro atoms. The average molecular weight is 487 g/mol. The summed E-state index contributed by atoms with van der Waals surface area (Å²) in [6.07, 6.45) is -0.647. The monoisotopic (exact) mass is 487 g/mol. The molecule has 0 fully saturated rings. The van der Waals surface area contributed by atoms with Gasteiger partial charge in [-0.2, -0.15) is 13.2 Å². The molecule has 1 atom stereocenters. The highest BCUT2D eigenvalue weighted by Gasteiger charge is 2.31. The quantitative estimate of drug-likeness (QED) is 0.278. The fraction of sp³-hybridized carbons (Fsp3) is 0.111. The van der Waals surface area contributed by atoms with Crippen LogP contribution in [0.25, 0.3) is 28.3 Å². The van der Waals surface area contributed by atoms with Gasteiger partial charge < -0.3 is 5.32 Å². The van der Waals surface area contributed by atoms with Gasteiger partial charge in [-0.05, 0) is 42.8 Å². The number of carbonyl (C=O) groups is 1. The molecule has 0 aliphatic rings. The minimum absolute atomic E-state index is 0.0896. The number of aldehydes is 1. The maximum Gasteiger partial charge on any atom is 0.416 e. The lowest BCUT2D eigenvalue weighted by molar-refractivity contribution is -0.137. The lowest BCUT2D eigenvalue weighted by Gasteiger charge is -2.15. The predicted molar refractivity (Wildman–Crippen MR) is 131 cm³/mol. The molecule has 0 saturated heterocycles. The molecule has 0 aliphatic heterocycles. The first-order valence-corrected chi connectivity index (χ1v) is 11.1. The Morgan fingerprint density at radius 2 is 1.78 bits per heavy atom. The number of fused-ring (bicyclic) bond motifs is 1. The number of halogens is 3. The van der Waals surface area contributed by atoms with Crippen molar-refractivity contribution < 1.29 is 18.0 Å². The first-order chi connectivity index (χ1) is 17.3. The van der Waals surface area contributed by atoms with E-state index in [4.69, 9.17) is 0 Å². The smallest absolute Gasteiger partial charge is 0.348 e. The Balaban J connectivity index is 1.65. The van der Waals surface area contributed by atoms with Gasteiger partial charge in [-0.1, -0.05) is 42.5 Å². The number of pyridine rings is 1. The maximum absolute atomic E-state index is 13.4. The normalized spacial score (nSPS) is 12.4. The Morgan fingerprint density at radius 3 is 2.53 bits per heavy atom. The van der Waals surface area contributed by atoms with Crippen molar-refractivity contribution in [1.82, 2.24) is 19.4 Å². The van der Waals surface area contributed by atoms with E-state index in [2.05, 4.69) is 20.3 Å². The number of rotatable bonds is 6. The SMILES string of the molecule is C[C@H](Nc1nccc(-c2c(-c3cccc(C(F)(F)F)c3)nc3ccc(C=O)cn23)n1)c1ccccc1. The van der Waals surface area contributed by atoms with Gasteiger partial charge in [0.1, 0.15) is 5.65 Å². The standard InChI is InChI=1S/C27H20F3N5O/c1-17(19-6-3-2-4-7-19)32-26-31-13-12-22(33-26)25-24(20-8-5-9-21(14-20)27(28,29)30)34-23-11-10-18(16-36)15-35(23)25/h2-17H,1H3,(H,31,32,33)/t17-/m0/s1. The summed E-state index contributed by atoms with van der Waals surface area (Å²) in [5.74, 6) is 0.348. The molecule has 9 heteroatoms. The van der Waals surface area contributed by atoms with Gasteiger partial charge in [0.25, 0.3) is 0 Å². The van der Waals surface area contributed by atoms with Crippen LogP contribution < -0.4 is 5.32 Å². The molecule has 6 nitrogen and oxygen atoms in total. The Kier molecular flexibility index (Phi) is 5.97. The van der Waals surface area contributed by atoms with E-state index in [-0.39, 0.29) is 11.6 Å². The zero-order valence-corrected chi connectivity index (χ0v) is 19.1. The second-order valence-corrected chi connectivity index (χ2v) is 8.24. The third kappa shape index (κ3) is 4.55. The lowest BCUT2D eigenvalue weighted by atomic mass is 10.0. The highest BCUT2D eigenvalue weighted by molar-refractivity contribution is 5.83. The van der Waals surface area contributed by atoms with Crippen molar-refractivity contribution in [1.29, 1.82) is 0 Å². The lowest BCUT2D eigenvalue weighted by Crippen LogP contribution is -2.09. The molecule has 0 amide bonds. The first-order valence-electron chi connectivity index (χ1n) is 11.1. The van der Waals surface area contributed by atoms with Gasteiger partial charge in [-0.25, -0.2) is 15.0 Å². The minimum Gasteiger partial charge on any atom is -0.348 e. The molecular weight excluding hydrogens is 467 g/mol. The Labute approximate surface area is 204 Å². The number of benzene rings is 2. The largest absolute Gasteiger partial charge is 0.416 e. The van der Waals surface area contributed by atoms with Crippen LogP contribution in [-0.4, -0.2) is 25.6 Å². The van der Waals surface area contributed by atoms with Gasteiger partial charge in [0.2, 0.25) is 5.95 Å². The van der Waals surface area contributed by atoms with Gasteiger partial charge in [0.15, 0.2) is 6.29 Å². The number of aromatic nitrogens is 4. The van der Waals surface area contributed by atoms with E-state index in [9.17, 15) is 18.0 Å². The first kappa shape index (κ1) is 23.2. The van der Waals surface area contributed by atoms with Crippen molar-refractivity contribution >= 4 is 17.9 Å². The van der Waals surface area contributed by atoms with E-state index < -0.39 is 11.7 Å². The second-order valence-electron chi connectivity index (χ2n) is 8.24. The molecule has 180 valence electrons. The van der Waals surface area contributed by atoms with Crippen LogP contribution in [-0.2, 0) is 6.18 Å². The van der Waals surface area contributed by atoms with E-state index in [0.29, 0.717) is 40.5 Å². The maximum atomic E-state index is 13.4. The van der Waals surface area contributed by atoms with Crippen molar-refractivity contribution in [2.45, 2.75) is 19.1 Å². The molecule has 5 rings (SSSR count). The Bertz CT molecular complexity index is 1550. The zero-order valence-electron chi connectivity index (χ0n) is 19.1. The van der Waals surface area contributed by atoms with E-state index in [1.54, 1.807) is 41.1 Å². The van der Waals surface area contributed by atoms with E-state index in [0.717, 1.165) is 17.7 Å². The molecule has 2 aromatic carbocycles. The van der Waals surface area contributed by atoms with Crippen molar-refractivity contribution in [2.24, 2.45) is 0 Å². The second kappa shape index (κ2) is 9.26. The summed E-state index contributed by atoms with van der Waals surface area (Å²) < 4.78 is 42.0. The fourth-order valence-corrected chi connectivity index (χ4v) is 4.00. The Hall–Kier alpha value is -4.53.